The van der Waals surface area contributed by atoms with Gasteiger partial charge in [0, 0.05) is 23.7 Å². The molecule has 2 rings (SSSR count). The van der Waals surface area contributed by atoms with Crippen molar-refractivity contribution in [1.82, 2.24) is 10.3 Å². The second kappa shape index (κ2) is 5.93. The van der Waals surface area contributed by atoms with E-state index in [1.807, 2.05) is 19.2 Å². The minimum absolute atomic E-state index is 0.165. The largest absolute Gasteiger partial charge is 0.416 e. The standard InChI is InChI=1S/C14H15F3N2S/c1-9-8-20-13(19-9)7-18-10(2)11-4-3-5-12(6-11)14(15,16)17/h3-6,8,10,18H,7H2,1-2H3. The molecule has 2 aromatic rings. The van der Waals surface area contributed by atoms with Gasteiger partial charge < -0.3 is 5.32 Å². The van der Waals surface area contributed by atoms with Gasteiger partial charge in [-0.05, 0) is 31.5 Å². The van der Waals surface area contributed by atoms with E-state index in [0.717, 1.165) is 16.8 Å². The maximum atomic E-state index is 12.7. The summed E-state index contributed by atoms with van der Waals surface area (Å²) in [4.78, 5) is 4.31. The lowest BCUT2D eigenvalue weighted by molar-refractivity contribution is -0.137. The first-order valence-corrected chi connectivity index (χ1v) is 7.06. The van der Waals surface area contributed by atoms with Gasteiger partial charge in [0.05, 0.1) is 5.56 Å². The second-order valence-corrected chi connectivity index (χ2v) is 5.55. The molecule has 20 heavy (non-hydrogen) atoms. The van der Waals surface area contributed by atoms with E-state index in [1.165, 1.54) is 12.1 Å². The maximum Gasteiger partial charge on any atom is 0.416 e. The van der Waals surface area contributed by atoms with E-state index in [9.17, 15) is 13.2 Å². The molecule has 1 heterocycles. The van der Waals surface area contributed by atoms with Crippen LogP contribution in [0.5, 0.6) is 0 Å². The number of aryl methyl sites for hydroxylation is 1. The summed E-state index contributed by atoms with van der Waals surface area (Å²) < 4.78 is 38.0. The van der Waals surface area contributed by atoms with Gasteiger partial charge in [-0.25, -0.2) is 4.98 Å². The Kier molecular flexibility index (Phi) is 4.45. The molecule has 1 N–H and O–H groups in total. The zero-order chi connectivity index (χ0) is 14.8. The van der Waals surface area contributed by atoms with Crippen molar-refractivity contribution in [3.05, 3.63) is 51.5 Å². The number of benzene rings is 1. The number of aromatic nitrogens is 1. The van der Waals surface area contributed by atoms with Gasteiger partial charge in [0.15, 0.2) is 0 Å². The van der Waals surface area contributed by atoms with Crippen LogP contribution >= 0.6 is 11.3 Å². The van der Waals surface area contributed by atoms with Crippen LogP contribution in [-0.2, 0) is 12.7 Å². The third-order valence-corrected chi connectivity index (χ3v) is 3.91. The van der Waals surface area contributed by atoms with Crippen molar-refractivity contribution in [2.45, 2.75) is 32.6 Å². The Morgan fingerprint density at radius 1 is 1.35 bits per heavy atom. The maximum absolute atomic E-state index is 12.7. The van der Waals surface area contributed by atoms with E-state index in [4.69, 9.17) is 0 Å². The number of alkyl halides is 3. The Morgan fingerprint density at radius 2 is 2.10 bits per heavy atom. The third-order valence-electron chi connectivity index (χ3n) is 2.94. The van der Waals surface area contributed by atoms with Crippen LogP contribution in [0.15, 0.2) is 29.6 Å². The highest BCUT2D eigenvalue weighted by molar-refractivity contribution is 7.09. The first kappa shape index (κ1) is 15.0. The zero-order valence-corrected chi connectivity index (χ0v) is 12.0. The molecule has 0 amide bonds. The summed E-state index contributed by atoms with van der Waals surface area (Å²) >= 11 is 1.54. The predicted molar refractivity (Wildman–Crippen MR) is 73.5 cm³/mol. The highest BCUT2D eigenvalue weighted by Gasteiger charge is 2.30. The minimum Gasteiger partial charge on any atom is -0.304 e. The first-order valence-electron chi connectivity index (χ1n) is 6.18. The predicted octanol–water partition coefficient (Wildman–Crippen LogP) is 4.32. The fourth-order valence-electron chi connectivity index (χ4n) is 1.83. The van der Waals surface area contributed by atoms with E-state index in [-0.39, 0.29) is 6.04 Å². The average molecular weight is 300 g/mol. The highest BCUT2D eigenvalue weighted by atomic mass is 32.1. The lowest BCUT2D eigenvalue weighted by Crippen LogP contribution is -2.18. The quantitative estimate of drug-likeness (QED) is 0.909. The van der Waals surface area contributed by atoms with Crippen molar-refractivity contribution >= 4 is 11.3 Å². The number of hydrogen-bond acceptors (Lipinski definition) is 3. The number of nitrogens with one attached hydrogen (secondary N) is 1. The third kappa shape index (κ3) is 3.80. The van der Waals surface area contributed by atoms with Crippen LogP contribution in [0.25, 0.3) is 0 Å². The van der Waals surface area contributed by atoms with Gasteiger partial charge in [0.2, 0.25) is 0 Å². The number of thiazole rings is 1. The summed E-state index contributed by atoms with van der Waals surface area (Å²) in [6, 6.07) is 5.23. The number of hydrogen-bond donors (Lipinski definition) is 1. The van der Waals surface area contributed by atoms with E-state index < -0.39 is 11.7 Å². The Bertz CT molecular complexity index is 578. The fraction of sp³-hybridized carbons (Fsp3) is 0.357. The summed E-state index contributed by atoms with van der Waals surface area (Å²) in [5, 5.41) is 6.07. The molecule has 6 heteroatoms. The molecule has 1 atom stereocenters. The summed E-state index contributed by atoms with van der Waals surface area (Å²) in [5.41, 5.74) is 0.959. The van der Waals surface area contributed by atoms with E-state index in [1.54, 1.807) is 17.4 Å². The molecule has 1 aromatic heterocycles. The van der Waals surface area contributed by atoms with E-state index in [0.29, 0.717) is 12.1 Å². The van der Waals surface area contributed by atoms with Crippen molar-refractivity contribution in [2.24, 2.45) is 0 Å². The molecule has 0 aliphatic heterocycles. The Labute approximate surface area is 119 Å². The van der Waals surface area contributed by atoms with Crippen molar-refractivity contribution < 1.29 is 13.2 Å². The van der Waals surface area contributed by atoms with Crippen LogP contribution in [0.1, 0.15) is 34.8 Å². The molecule has 2 nitrogen and oxygen atoms in total. The normalized spacial score (nSPS) is 13.4. The van der Waals surface area contributed by atoms with Crippen LogP contribution in [0.2, 0.25) is 0 Å². The number of rotatable bonds is 4. The number of halogens is 3. The van der Waals surface area contributed by atoms with Crippen LogP contribution in [-0.4, -0.2) is 4.98 Å². The number of nitrogens with zero attached hydrogens (tertiary/aromatic N) is 1. The van der Waals surface area contributed by atoms with E-state index in [2.05, 4.69) is 10.3 Å². The molecule has 1 aromatic carbocycles. The summed E-state index contributed by atoms with van der Waals surface area (Å²) in [6.07, 6.45) is -4.30. The molecule has 0 spiro atoms. The molecule has 0 radical (unpaired) electrons. The average Bonchev–Trinajstić information content (AvgIpc) is 2.81. The summed E-state index contributed by atoms with van der Waals surface area (Å²) in [6.45, 7) is 4.31. The molecule has 0 bridgehead atoms. The van der Waals surface area contributed by atoms with Crippen LogP contribution in [0, 0.1) is 6.92 Å². The van der Waals surface area contributed by atoms with Crippen molar-refractivity contribution in [2.75, 3.05) is 0 Å². The topological polar surface area (TPSA) is 24.9 Å². The van der Waals surface area contributed by atoms with Gasteiger partial charge in [-0.1, -0.05) is 12.1 Å². The minimum atomic E-state index is -4.30. The van der Waals surface area contributed by atoms with Gasteiger partial charge in [0.25, 0.3) is 0 Å². The van der Waals surface area contributed by atoms with Crippen molar-refractivity contribution in [1.29, 1.82) is 0 Å². The summed E-state index contributed by atoms with van der Waals surface area (Å²) in [5.74, 6) is 0. The molecule has 108 valence electrons. The second-order valence-electron chi connectivity index (χ2n) is 4.61. The van der Waals surface area contributed by atoms with Gasteiger partial charge in [-0.2, -0.15) is 13.2 Å². The zero-order valence-electron chi connectivity index (χ0n) is 11.2. The Morgan fingerprint density at radius 3 is 2.70 bits per heavy atom. The van der Waals surface area contributed by atoms with Crippen LogP contribution < -0.4 is 5.32 Å². The van der Waals surface area contributed by atoms with Crippen molar-refractivity contribution in [3.63, 3.8) is 0 Å². The van der Waals surface area contributed by atoms with Crippen LogP contribution in [0.3, 0.4) is 0 Å². The molecule has 0 aliphatic carbocycles. The van der Waals surface area contributed by atoms with Gasteiger partial charge in [-0.15, -0.1) is 11.3 Å². The summed E-state index contributed by atoms with van der Waals surface area (Å²) in [7, 11) is 0. The molecule has 0 saturated heterocycles. The lowest BCUT2D eigenvalue weighted by Gasteiger charge is -2.15. The van der Waals surface area contributed by atoms with Crippen molar-refractivity contribution in [3.8, 4) is 0 Å². The Hall–Kier alpha value is -1.40. The highest BCUT2D eigenvalue weighted by Crippen LogP contribution is 2.30. The van der Waals surface area contributed by atoms with Gasteiger partial charge in [0.1, 0.15) is 5.01 Å². The monoisotopic (exact) mass is 300 g/mol. The van der Waals surface area contributed by atoms with Gasteiger partial charge >= 0.3 is 6.18 Å². The van der Waals surface area contributed by atoms with E-state index >= 15 is 0 Å². The van der Waals surface area contributed by atoms with Crippen LogP contribution in [0.4, 0.5) is 13.2 Å². The lowest BCUT2D eigenvalue weighted by atomic mass is 10.0. The molecule has 1 unspecified atom stereocenters. The molecule has 0 saturated carbocycles. The molecular formula is C14H15F3N2S. The molecular weight excluding hydrogens is 285 g/mol. The fourth-order valence-corrected chi connectivity index (χ4v) is 2.55. The smallest absolute Gasteiger partial charge is 0.304 e. The first-order chi connectivity index (χ1) is 9.36. The molecule has 0 fully saturated rings. The SMILES string of the molecule is Cc1csc(CNC(C)c2cccc(C(F)(F)F)c2)n1. The van der Waals surface area contributed by atoms with Gasteiger partial charge in [-0.3, -0.25) is 0 Å². The molecule has 0 aliphatic rings. The Balaban J connectivity index is 2.03.